The molecule has 2 amide bonds. The Labute approximate surface area is 171 Å². The normalized spacial score (nSPS) is 10.4. The summed E-state index contributed by atoms with van der Waals surface area (Å²) in [6.45, 7) is 3.01. The lowest BCUT2D eigenvalue weighted by Crippen LogP contribution is -2.31. The summed E-state index contributed by atoms with van der Waals surface area (Å²) in [4.78, 5) is 31.2. The predicted molar refractivity (Wildman–Crippen MR) is 115 cm³/mol. The molecule has 148 valence electrons. The molecule has 0 spiro atoms. The molecule has 0 saturated carbocycles. The van der Waals surface area contributed by atoms with Gasteiger partial charge in [0.2, 0.25) is 0 Å². The molecule has 0 aliphatic heterocycles. The van der Waals surface area contributed by atoms with Crippen molar-refractivity contribution in [3.63, 3.8) is 0 Å². The van der Waals surface area contributed by atoms with Gasteiger partial charge in [-0.05, 0) is 43.5 Å². The number of anilines is 1. The third kappa shape index (κ3) is 5.51. The number of carbonyl (C=O) groups excluding carboxylic acids is 2. The number of aryl methyl sites for hydroxylation is 1. The second-order valence-corrected chi connectivity index (χ2v) is 6.69. The number of carbonyl (C=O) groups is 2. The van der Waals surface area contributed by atoms with Crippen LogP contribution < -0.4 is 10.2 Å². The number of pyridine rings is 1. The largest absolute Gasteiger partial charge is 0.352 e. The molecular formula is C24H25N3O2. The minimum Gasteiger partial charge on any atom is -0.352 e. The highest BCUT2D eigenvalue weighted by Gasteiger charge is 2.18. The van der Waals surface area contributed by atoms with Crippen molar-refractivity contribution in [3.05, 3.63) is 95.8 Å². The average Bonchev–Trinajstić information content (AvgIpc) is 2.78. The van der Waals surface area contributed by atoms with Gasteiger partial charge in [-0.3, -0.25) is 14.6 Å². The van der Waals surface area contributed by atoms with E-state index in [1.165, 1.54) is 18.0 Å². The van der Waals surface area contributed by atoms with E-state index < -0.39 is 0 Å². The van der Waals surface area contributed by atoms with Gasteiger partial charge in [0.25, 0.3) is 11.8 Å². The zero-order chi connectivity index (χ0) is 20.5. The summed E-state index contributed by atoms with van der Waals surface area (Å²) in [7, 11) is 0. The van der Waals surface area contributed by atoms with Crippen molar-refractivity contribution >= 4 is 17.5 Å². The average molecular weight is 387 g/mol. The van der Waals surface area contributed by atoms with Crippen molar-refractivity contribution in [3.8, 4) is 0 Å². The molecule has 0 fully saturated rings. The number of benzene rings is 2. The topological polar surface area (TPSA) is 62.3 Å². The zero-order valence-corrected chi connectivity index (χ0v) is 16.5. The number of nitrogens with one attached hydrogen (secondary N) is 1. The van der Waals surface area contributed by atoms with Crippen molar-refractivity contribution < 1.29 is 9.59 Å². The molecule has 29 heavy (non-hydrogen) atoms. The Hall–Kier alpha value is -3.47. The Morgan fingerprint density at radius 1 is 0.931 bits per heavy atom. The molecule has 0 radical (unpaired) electrons. The van der Waals surface area contributed by atoms with Crippen molar-refractivity contribution in [2.75, 3.05) is 18.0 Å². The second-order valence-electron chi connectivity index (χ2n) is 6.69. The molecule has 0 bridgehead atoms. The zero-order valence-electron chi connectivity index (χ0n) is 16.5. The molecule has 3 rings (SSSR count). The third-order valence-electron chi connectivity index (χ3n) is 4.65. The first kappa shape index (κ1) is 20.3. The molecule has 5 nitrogen and oxygen atoms in total. The fourth-order valence-corrected chi connectivity index (χ4v) is 3.13. The molecule has 1 N–H and O–H groups in total. The summed E-state index contributed by atoms with van der Waals surface area (Å²) in [6.07, 6.45) is 4.74. The molecule has 0 saturated heterocycles. The number of nitrogens with zero attached hydrogens (tertiary/aromatic N) is 2. The van der Waals surface area contributed by atoms with E-state index in [4.69, 9.17) is 0 Å². The number of para-hydroxylation sites is 1. The second kappa shape index (κ2) is 10.2. The summed E-state index contributed by atoms with van der Waals surface area (Å²) < 4.78 is 0. The number of hydrogen-bond acceptors (Lipinski definition) is 3. The van der Waals surface area contributed by atoms with Gasteiger partial charge in [0.15, 0.2) is 0 Å². The fourth-order valence-electron chi connectivity index (χ4n) is 3.13. The van der Waals surface area contributed by atoms with E-state index >= 15 is 0 Å². The lowest BCUT2D eigenvalue weighted by Gasteiger charge is -2.21. The van der Waals surface area contributed by atoms with Crippen LogP contribution in [-0.4, -0.2) is 29.9 Å². The van der Waals surface area contributed by atoms with Crippen LogP contribution >= 0.6 is 0 Å². The number of amides is 2. The van der Waals surface area contributed by atoms with E-state index in [1.54, 1.807) is 11.0 Å². The van der Waals surface area contributed by atoms with Crippen LogP contribution in [-0.2, 0) is 6.42 Å². The van der Waals surface area contributed by atoms with Crippen LogP contribution in [0.3, 0.4) is 0 Å². The SMILES string of the molecule is CCN(C(=O)c1cncc(C(=O)NCCCc2ccccc2)c1)c1ccccc1. The smallest absolute Gasteiger partial charge is 0.259 e. The van der Waals surface area contributed by atoms with Gasteiger partial charge in [-0.1, -0.05) is 48.5 Å². The number of rotatable bonds is 8. The Morgan fingerprint density at radius 2 is 1.59 bits per heavy atom. The van der Waals surface area contributed by atoms with Gasteiger partial charge in [0, 0.05) is 31.2 Å². The quantitative estimate of drug-likeness (QED) is 0.592. The first-order chi connectivity index (χ1) is 14.2. The maximum Gasteiger partial charge on any atom is 0.259 e. The summed E-state index contributed by atoms with van der Waals surface area (Å²) in [5.41, 5.74) is 2.85. The minimum atomic E-state index is -0.219. The standard InChI is InChI=1S/C24H25N3O2/c1-2-27(22-13-7-4-8-14-22)24(29)21-16-20(17-25-18-21)23(28)26-15-9-12-19-10-5-3-6-11-19/h3-8,10-11,13-14,16-18H,2,9,12,15H2,1H3,(H,26,28). The van der Waals surface area contributed by atoms with Crippen LogP contribution in [0.25, 0.3) is 0 Å². The highest BCUT2D eigenvalue weighted by Crippen LogP contribution is 2.17. The van der Waals surface area contributed by atoms with E-state index in [9.17, 15) is 9.59 Å². The summed E-state index contributed by atoms with van der Waals surface area (Å²) >= 11 is 0. The van der Waals surface area contributed by atoms with E-state index in [2.05, 4.69) is 22.4 Å². The Bertz CT molecular complexity index is 943. The van der Waals surface area contributed by atoms with Crippen molar-refractivity contribution in [2.24, 2.45) is 0 Å². The molecular weight excluding hydrogens is 362 g/mol. The van der Waals surface area contributed by atoms with Crippen molar-refractivity contribution in [1.82, 2.24) is 10.3 Å². The van der Waals surface area contributed by atoms with Crippen molar-refractivity contribution in [1.29, 1.82) is 0 Å². The molecule has 2 aromatic carbocycles. The third-order valence-corrected chi connectivity index (χ3v) is 4.65. The highest BCUT2D eigenvalue weighted by molar-refractivity contribution is 6.07. The Balaban J connectivity index is 1.60. The van der Waals surface area contributed by atoms with E-state index in [1.807, 2.05) is 55.5 Å². The van der Waals surface area contributed by atoms with Crippen LogP contribution in [0.1, 0.15) is 39.6 Å². The van der Waals surface area contributed by atoms with Gasteiger partial charge < -0.3 is 10.2 Å². The van der Waals surface area contributed by atoms with Crippen LogP contribution in [0.4, 0.5) is 5.69 Å². The Kier molecular flexibility index (Phi) is 7.11. The predicted octanol–water partition coefficient (Wildman–Crippen LogP) is 4.11. The van der Waals surface area contributed by atoms with Crippen LogP contribution in [0, 0.1) is 0 Å². The van der Waals surface area contributed by atoms with E-state index in [0.29, 0.717) is 24.2 Å². The first-order valence-corrected chi connectivity index (χ1v) is 9.83. The van der Waals surface area contributed by atoms with Gasteiger partial charge in [-0.15, -0.1) is 0 Å². The van der Waals surface area contributed by atoms with E-state index in [-0.39, 0.29) is 11.8 Å². The molecule has 3 aromatic rings. The summed E-state index contributed by atoms with van der Waals surface area (Å²) in [6, 6.07) is 21.2. The van der Waals surface area contributed by atoms with E-state index in [0.717, 1.165) is 18.5 Å². The molecule has 5 heteroatoms. The van der Waals surface area contributed by atoms with Crippen molar-refractivity contribution in [2.45, 2.75) is 19.8 Å². The van der Waals surface area contributed by atoms with Crippen LogP contribution in [0.15, 0.2) is 79.1 Å². The highest BCUT2D eigenvalue weighted by atomic mass is 16.2. The van der Waals surface area contributed by atoms with Gasteiger partial charge in [0.05, 0.1) is 11.1 Å². The van der Waals surface area contributed by atoms with Gasteiger partial charge in [-0.2, -0.15) is 0 Å². The molecule has 0 aliphatic rings. The summed E-state index contributed by atoms with van der Waals surface area (Å²) in [5.74, 6) is -0.395. The molecule has 0 unspecified atom stereocenters. The molecule has 1 aromatic heterocycles. The molecule has 0 atom stereocenters. The maximum atomic E-state index is 12.9. The van der Waals surface area contributed by atoms with Gasteiger partial charge in [0.1, 0.15) is 0 Å². The lowest BCUT2D eigenvalue weighted by molar-refractivity contribution is 0.0953. The number of hydrogen-bond donors (Lipinski definition) is 1. The van der Waals surface area contributed by atoms with Crippen LogP contribution in [0.5, 0.6) is 0 Å². The van der Waals surface area contributed by atoms with Crippen LogP contribution in [0.2, 0.25) is 0 Å². The monoisotopic (exact) mass is 387 g/mol. The summed E-state index contributed by atoms with van der Waals surface area (Å²) in [5, 5.41) is 2.91. The van der Waals surface area contributed by atoms with Gasteiger partial charge in [-0.25, -0.2) is 0 Å². The fraction of sp³-hybridized carbons (Fsp3) is 0.208. The Morgan fingerprint density at radius 3 is 2.28 bits per heavy atom. The first-order valence-electron chi connectivity index (χ1n) is 9.83. The van der Waals surface area contributed by atoms with Gasteiger partial charge >= 0.3 is 0 Å². The maximum absolute atomic E-state index is 12.9. The lowest BCUT2D eigenvalue weighted by atomic mass is 10.1. The molecule has 1 heterocycles. The molecule has 0 aliphatic carbocycles. The number of aromatic nitrogens is 1. The minimum absolute atomic E-state index is 0.176.